The van der Waals surface area contributed by atoms with Crippen LogP contribution in [0.2, 0.25) is 0 Å². The van der Waals surface area contributed by atoms with Crippen molar-refractivity contribution in [1.29, 1.82) is 0 Å². The second-order valence-electron chi connectivity index (χ2n) is 4.31. The van der Waals surface area contributed by atoms with Crippen molar-refractivity contribution in [3.63, 3.8) is 0 Å². The number of amides is 1. The molecule has 1 N–H and O–H groups in total. The number of hydrogen-bond acceptors (Lipinski definition) is 5. The quantitative estimate of drug-likeness (QED) is 0.889. The zero-order valence-corrected chi connectivity index (χ0v) is 12.4. The molecule has 1 heterocycles. The van der Waals surface area contributed by atoms with Crippen LogP contribution in [-0.4, -0.2) is 22.7 Å². The van der Waals surface area contributed by atoms with Gasteiger partial charge in [0.05, 0.1) is 13.0 Å². The second-order valence-corrected chi connectivity index (χ2v) is 5.38. The van der Waals surface area contributed by atoms with Gasteiger partial charge in [-0.1, -0.05) is 36.0 Å². The van der Waals surface area contributed by atoms with E-state index >= 15 is 0 Å². The van der Waals surface area contributed by atoms with Gasteiger partial charge >= 0.3 is 0 Å². The molecule has 2 aromatic rings. The fourth-order valence-corrected chi connectivity index (χ4v) is 2.22. The Morgan fingerprint density at radius 1 is 1.30 bits per heavy atom. The number of carbonyl (C=O) groups excluding carboxylic acids is 1. The molecule has 6 heteroatoms. The first-order chi connectivity index (χ1) is 9.67. The van der Waals surface area contributed by atoms with Gasteiger partial charge in [0.15, 0.2) is 0 Å². The summed E-state index contributed by atoms with van der Waals surface area (Å²) in [6.07, 6.45) is 1.11. The van der Waals surface area contributed by atoms with E-state index in [-0.39, 0.29) is 12.3 Å². The van der Waals surface area contributed by atoms with Crippen molar-refractivity contribution in [2.45, 2.75) is 26.7 Å². The van der Waals surface area contributed by atoms with Crippen LogP contribution in [0.15, 0.2) is 24.3 Å². The first-order valence-corrected chi connectivity index (χ1v) is 7.30. The molecule has 0 radical (unpaired) electrons. The van der Waals surface area contributed by atoms with Gasteiger partial charge < -0.3 is 10.1 Å². The highest BCUT2D eigenvalue weighted by Crippen LogP contribution is 2.16. The van der Waals surface area contributed by atoms with Crippen LogP contribution >= 0.6 is 11.3 Å². The molecule has 0 atom stereocenters. The van der Waals surface area contributed by atoms with Crippen LogP contribution in [0.4, 0.5) is 5.13 Å². The highest BCUT2D eigenvalue weighted by molar-refractivity contribution is 7.15. The molecule has 1 aromatic carbocycles. The topological polar surface area (TPSA) is 64.1 Å². The average Bonchev–Trinajstić information content (AvgIpc) is 2.88. The van der Waals surface area contributed by atoms with Gasteiger partial charge in [-0.05, 0) is 25.5 Å². The number of nitrogens with one attached hydrogen (secondary N) is 1. The summed E-state index contributed by atoms with van der Waals surface area (Å²) in [5.41, 5.74) is 1.18. The van der Waals surface area contributed by atoms with E-state index in [1.54, 1.807) is 0 Å². The van der Waals surface area contributed by atoms with Gasteiger partial charge in [-0.25, -0.2) is 0 Å². The molecule has 20 heavy (non-hydrogen) atoms. The number of anilines is 1. The van der Waals surface area contributed by atoms with Crippen LogP contribution in [0.25, 0.3) is 0 Å². The first-order valence-electron chi connectivity index (χ1n) is 6.49. The summed E-state index contributed by atoms with van der Waals surface area (Å²) in [7, 11) is 0. The fourth-order valence-electron chi connectivity index (χ4n) is 1.52. The van der Waals surface area contributed by atoms with Crippen molar-refractivity contribution in [3.8, 4) is 5.75 Å². The molecular formula is C14H17N3O2S. The van der Waals surface area contributed by atoms with Gasteiger partial charge in [-0.2, -0.15) is 0 Å². The molecular weight excluding hydrogens is 274 g/mol. The minimum Gasteiger partial charge on any atom is -0.493 e. The lowest BCUT2D eigenvalue weighted by Gasteiger charge is -2.05. The average molecular weight is 291 g/mol. The summed E-state index contributed by atoms with van der Waals surface area (Å²) in [6.45, 7) is 4.36. The first kappa shape index (κ1) is 14.5. The largest absolute Gasteiger partial charge is 0.493 e. The Kier molecular flexibility index (Phi) is 5.06. The maximum atomic E-state index is 11.7. The predicted octanol–water partition coefficient (Wildman–Crippen LogP) is 2.82. The van der Waals surface area contributed by atoms with E-state index in [0.29, 0.717) is 11.7 Å². The molecule has 0 saturated carbocycles. The van der Waals surface area contributed by atoms with E-state index < -0.39 is 0 Å². The molecule has 0 aliphatic heterocycles. The summed E-state index contributed by atoms with van der Waals surface area (Å²) >= 11 is 1.40. The number of aromatic nitrogens is 2. The van der Waals surface area contributed by atoms with Crippen LogP contribution in [-0.2, 0) is 11.2 Å². The molecule has 106 valence electrons. The van der Waals surface area contributed by atoms with Crippen LogP contribution in [0.1, 0.15) is 23.9 Å². The van der Waals surface area contributed by atoms with Gasteiger partial charge in [0.1, 0.15) is 10.8 Å². The number of aryl methyl sites for hydroxylation is 2. The minimum absolute atomic E-state index is 0.115. The van der Waals surface area contributed by atoms with Gasteiger partial charge in [0.25, 0.3) is 0 Å². The van der Waals surface area contributed by atoms with Gasteiger partial charge in [-0.3, -0.25) is 4.79 Å². The lowest BCUT2D eigenvalue weighted by Crippen LogP contribution is -2.15. The Balaban J connectivity index is 1.73. The number of carbonyl (C=O) groups is 1. The SMILES string of the molecule is CCc1nnc(NC(=O)CCOc2ccc(C)cc2)s1. The summed E-state index contributed by atoms with van der Waals surface area (Å²) in [5, 5.41) is 12.0. The van der Waals surface area contributed by atoms with E-state index in [1.165, 1.54) is 16.9 Å². The van der Waals surface area contributed by atoms with E-state index in [9.17, 15) is 4.79 Å². The molecule has 1 amide bonds. The Labute approximate surface area is 122 Å². The Bertz CT molecular complexity index is 566. The van der Waals surface area contributed by atoms with Crippen molar-refractivity contribution in [2.75, 3.05) is 11.9 Å². The standard InChI is InChI=1S/C14H17N3O2S/c1-3-13-16-17-14(20-13)15-12(18)8-9-19-11-6-4-10(2)5-7-11/h4-7H,3,8-9H2,1-2H3,(H,15,17,18). The molecule has 0 aliphatic rings. The zero-order valence-electron chi connectivity index (χ0n) is 11.5. The maximum Gasteiger partial charge on any atom is 0.229 e. The zero-order chi connectivity index (χ0) is 14.4. The minimum atomic E-state index is -0.115. The number of ether oxygens (including phenoxy) is 1. The molecule has 5 nitrogen and oxygen atoms in total. The molecule has 0 unspecified atom stereocenters. The number of rotatable bonds is 6. The van der Waals surface area contributed by atoms with Gasteiger partial charge in [-0.15, -0.1) is 10.2 Å². The third kappa shape index (κ3) is 4.31. The highest BCUT2D eigenvalue weighted by atomic mass is 32.1. The smallest absolute Gasteiger partial charge is 0.229 e. The van der Waals surface area contributed by atoms with Gasteiger partial charge in [0.2, 0.25) is 11.0 Å². The fraction of sp³-hybridized carbons (Fsp3) is 0.357. The third-order valence-electron chi connectivity index (χ3n) is 2.63. The Morgan fingerprint density at radius 3 is 2.70 bits per heavy atom. The number of nitrogens with zero attached hydrogens (tertiary/aromatic N) is 2. The lowest BCUT2D eigenvalue weighted by molar-refractivity contribution is -0.116. The van der Waals surface area contributed by atoms with Crippen molar-refractivity contribution in [1.82, 2.24) is 10.2 Å². The monoisotopic (exact) mass is 291 g/mol. The molecule has 1 aromatic heterocycles. The molecule has 0 aliphatic carbocycles. The summed E-state index contributed by atoms with van der Waals surface area (Å²) in [6, 6.07) is 7.74. The molecule has 0 bridgehead atoms. The van der Waals surface area contributed by atoms with Crippen LogP contribution < -0.4 is 10.1 Å². The van der Waals surface area contributed by atoms with E-state index in [4.69, 9.17) is 4.74 Å². The van der Waals surface area contributed by atoms with Crippen molar-refractivity contribution >= 4 is 22.4 Å². The summed E-state index contributed by atoms with van der Waals surface area (Å²) in [5.74, 6) is 0.656. The Morgan fingerprint density at radius 2 is 2.05 bits per heavy atom. The van der Waals surface area contributed by atoms with Crippen molar-refractivity contribution in [2.24, 2.45) is 0 Å². The van der Waals surface area contributed by atoms with Crippen LogP contribution in [0.3, 0.4) is 0 Å². The normalized spacial score (nSPS) is 10.3. The third-order valence-corrected chi connectivity index (χ3v) is 3.62. The van der Waals surface area contributed by atoms with E-state index in [2.05, 4.69) is 15.5 Å². The highest BCUT2D eigenvalue weighted by Gasteiger charge is 2.07. The number of benzene rings is 1. The van der Waals surface area contributed by atoms with E-state index in [1.807, 2.05) is 38.1 Å². The van der Waals surface area contributed by atoms with Crippen molar-refractivity contribution in [3.05, 3.63) is 34.8 Å². The van der Waals surface area contributed by atoms with Crippen LogP contribution in [0.5, 0.6) is 5.75 Å². The summed E-state index contributed by atoms with van der Waals surface area (Å²) < 4.78 is 5.50. The Hall–Kier alpha value is -1.95. The van der Waals surface area contributed by atoms with Crippen LogP contribution in [0, 0.1) is 6.92 Å². The molecule has 0 spiro atoms. The molecule has 2 rings (SSSR count). The second kappa shape index (κ2) is 7.00. The van der Waals surface area contributed by atoms with E-state index in [0.717, 1.165) is 17.2 Å². The molecule has 0 saturated heterocycles. The maximum absolute atomic E-state index is 11.7. The van der Waals surface area contributed by atoms with Gasteiger partial charge in [0, 0.05) is 0 Å². The predicted molar refractivity (Wildman–Crippen MR) is 79.2 cm³/mol. The number of hydrogen-bond donors (Lipinski definition) is 1. The molecule has 0 fully saturated rings. The lowest BCUT2D eigenvalue weighted by atomic mass is 10.2. The van der Waals surface area contributed by atoms with Crippen molar-refractivity contribution < 1.29 is 9.53 Å². The summed E-state index contributed by atoms with van der Waals surface area (Å²) in [4.78, 5) is 11.7.